The summed E-state index contributed by atoms with van der Waals surface area (Å²) in [6, 6.07) is 8.32. The lowest BCUT2D eigenvalue weighted by molar-refractivity contribution is 0.287. The predicted octanol–water partition coefficient (Wildman–Crippen LogP) is 2.52. The molecule has 0 aliphatic carbocycles. The molecule has 1 aromatic heterocycles. The predicted molar refractivity (Wildman–Crippen MR) is 67.6 cm³/mol. The maximum Gasteiger partial charge on any atom is 0.132 e. The topological polar surface area (TPSA) is 46.0 Å². The lowest BCUT2D eigenvalue weighted by atomic mass is 10.1. The molecule has 0 fully saturated rings. The van der Waals surface area contributed by atoms with E-state index in [1.165, 1.54) is 6.07 Å². The number of hydrogen-bond acceptors (Lipinski definition) is 3. The Morgan fingerprint density at radius 1 is 1.22 bits per heavy atom. The summed E-state index contributed by atoms with van der Waals surface area (Å²) in [4.78, 5) is 8.62. The van der Waals surface area contributed by atoms with Crippen molar-refractivity contribution in [1.82, 2.24) is 9.97 Å². The molecule has 18 heavy (non-hydrogen) atoms. The smallest absolute Gasteiger partial charge is 0.132 e. The molecular formula is C14H15FN2O. The number of hydrogen-bond donors (Lipinski definition) is 1. The second kappa shape index (κ2) is 5.69. The van der Waals surface area contributed by atoms with Crippen molar-refractivity contribution in [2.24, 2.45) is 0 Å². The van der Waals surface area contributed by atoms with Crippen LogP contribution in [0.15, 0.2) is 30.3 Å². The van der Waals surface area contributed by atoms with Crippen LogP contribution in [0.5, 0.6) is 0 Å². The summed E-state index contributed by atoms with van der Waals surface area (Å²) in [6.45, 7) is 1.96. The lowest BCUT2D eigenvalue weighted by Crippen LogP contribution is -2.01. The lowest BCUT2D eigenvalue weighted by Gasteiger charge is -2.06. The number of aliphatic hydroxyl groups is 1. The number of nitrogens with zero attached hydrogens (tertiary/aromatic N) is 2. The zero-order valence-electron chi connectivity index (χ0n) is 10.2. The molecule has 0 radical (unpaired) electrons. The zero-order chi connectivity index (χ0) is 13.0. The minimum absolute atomic E-state index is 0.104. The summed E-state index contributed by atoms with van der Waals surface area (Å²) in [7, 11) is 0. The van der Waals surface area contributed by atoms with Gasteiger partial charge in [0.2, 0.25) is 0 Å². The van der Waals surface area contributed by atoms with Crippen LogP contribution in [0.25, 0.3) is 11.3 Å². The summed E-state index contributed by atoms with van der Waals surface area (Å²) >= 11 is 0. The SMILES string of the molecule is Cc1cc(-c2ccccc2F)nc(CCCO)n1. The average molecular weight is 246 g/mol. The molecular weight excluding hydrogens is 231 g/mol. The Bertz CT molecular complexity index is 543. The molecule has 94 valence electrons. The first-order valence-corrected chi connectivity index (χ1v) is 5.91. The van der Waals surface area contributed by atoms with Gasteiger partial charge in [-0.05, 0) is 31.5 Å². The van der Waals surface area contributed by atoms with Gasteiger partial charge < -0.3 is 5.11 Å². The van der Waals surface area contributed by atoms with Crippen molar-refractivity contribution in [3.05, 3.63) is 47.7 Å². The van der Waals surface area contributed by atoms with E-state index in [2.05, 4.69) is 9.97 Å². The monoisotopic (exact) mass is 246 g/mol. The standard InChI is InChI=1S/C14H15FN2O/c1-10-9-13(11-5-2-3-6-12(11)15)17-14(16-10)7-4-8-18/h2-3,5-6,9,18H,4,7-8H2,1H3. The molecule has 2 aromatic rings. The number of benzene rings is 1. The summed E-state index contributed by atoms with van der Waals surface area (Å²) in [6.07, 6.45) is 1.21. The molecule has 0 aliphatic heterocycles. The number of aryl methyl sites for hydroxylation is 2. The molecule has 0 aliphatic rings. The fourth-order valence-electron chi connectivity index (χ4n) is 1.79. The first-order valence-electron chi connectivity index (χ1n) is 5.91. The number of halogens is 1. The van der Waals surface area contributed by atoms with Crippen molar-refractivity contribution in [2.75, 3.05) is 6.61 Å². The van der Waals surface area contributed by atoms with Crippen molar-refractivity contribution < 1.29 is 9.50 Å². The Morgan fingerprint density at radius 3 is 2.72 bits per heavy atom. The van der Waals surface area contributed by atoms with Crippen molar-refractivity contribution in [3.8, 4) is 11.3 Å². The molecule has 1 N–H and O–H groups in total. The highest BCUT2D eigenvalue weighted by atomic mass is 19.1. The molecule has 2 rings (SSSR count). The van der Waals surface area contributed by atoms with Gasteiger partial charge in [0, 0.05) is 24.3 Å². The van der Waals surface area contributed by atoms with Crippen LogP contribution in [0, 0.1) is 12.7 Å². The third-order valence-electron chi connectivity index (χ3n) is 2.61. The number of aromatic nitrogens is 2. The van der Waals surface area contributed by atoms with E-state index in [0.29, 0.717) is 29.9 Å². The molecule has 0 spiro atoms. The maximum absolute atomic E-state index is 13.7. The van der Waals surface area contributed by atoms with Crippen molar-refractivity contribution in [2.45, 2.75) is 19.8 Å². The van der Waals surface area contributed by atoms with Crippen LogP contribution in [-0.4, -0.2) is 21.7 Å². The fraction of sp³-hybridized carbons (Fsp3) is 0.286. The van der Waals surface area contributed by atoms with E-state index in [1.54, 1.807) is 24.3 Å². The van der Waals surface area contributed by atoms with Crippen molar-refractivity contribution in [1.29, 1.82) is 0 Å². The highest BCUT2D eigenvalue weighted by molar-refractivity contribution is 5.59. The molecule has 1 aromatic carbocycles. The van der Waals surface area contributed by atoms with Crippen LogP contribution < -0.4 is 0 Å². The third-order valence-corrected chi connectivity index (χ3v) is 2.61. The van der Waals surface area contributed by atoms with E-state index in [1.807, 2.05) is 6.92 Å². The van der Waals surface area contributed by atoms with Crippen LogP contribution in [0.2, 0.25) is 0 Å². The maximum atomic E-state index is 13.7. The Kier molecular flexibility index (Phi) is 3.99. The Hall–Kier alpha value is -1.81. The van der Waals surface area contributed by atoms with Crippen LogP contribution in [0.4, 0.5) is 4.39 Å². The number of rotatable bonds is 4. The summed E-state index contributed by atoms with van der Waals surface area (Å²) in [5.74, 6) is 0.353. The fourth-order valence-corrected chi connectivity index (χ4v) is 1.79. The quantitative estimate of drug-likeness (QED) is 0.901. The molecule has 0 amide bonds. The van der Waals surface area contributed by atoms with Crippen LogP contribution >= 0.6 is 0 Å². The minimum Gasteiger partial charge on any atom is -0.396 e. The second-order valence-corrected chi connectivity index (χ2v) is 4.12. The van der Waals surface area contributed by atoms with Gasteiger partial charge in [0.15, 0.2) is 0 Å². The number of aliphatic hydroxyl groups excluding tert-OH is 1. The normalized spacial score (nSPS) is 10.6. The van der Waals surface area contributed by atoms with Crippen LogP contribution in [0.1, 0.15) is 17.9 Å². The van der Waals surface area contributed by atoms with Gasteiger partial charge in [0.25, 0.3) is 0 Å². The van der Waals surface area contributed by atoms with Gasteiger partial charge in [-0.1, -0.05) is 12.1 Å². The molecule has 0 unspecified atom stereocenters. The second-order valence-electron chi connectivity index (χ2n) is 4.12. The van der Waals surface area contributed by atoms with E-state index in [4.69, 9.17) is 5.11 Å². The first-order chi connectivity index (χ1) is 8.70. The highest BCUT2D eigenvalue weighted by Crippen LogP contribution is 2.21. The van der Waals surface area contributed by atoms with E-state index >= 15 is 0 Å². The van der Waals surface area contributed by atoms with E-state index in [9.17, 15) is 4.39 Å². The van der Waals surface area contributed by atoms with Gasteiger partial charge in [-0.2, -0.15) is 0 Å². The van der Waals surface area contributed by atoms with E-state index in [0.717, 1.165) is 5.69 Å². The van der Waals surface area contributed by atoms with E-state index in [-0.39, 0.29) is 12.4 Å². The van der Waals surface area contributed by atoms with Crippen molar-refractivity contribution in [3.63, 3.8) is 0 Å². The van der Waals surface area contributed by atoms with Gasteiger partial charge in [-0.3, -0.25) is 0 Å². The first kappa shape index (κ1) is 12.6. The Morgan fingerprint density at radius 2 is 2.00 bits per heavy atom. The average Bonchev–Trinajstić information content (AvgIpc) is 2.36. The van der Waals surface area contributed by atoms with Gasteiger partial charge in [-0.15, -0.1) is 0 Å². The third kappa shape index (κ3) is 2.90. The van der Waals surface area contributed by atoms with Crippen molar-refractivity contribution >= 4 is 0 Å². The summed E-state index contributed by atoms with van der Waals surface area (Å²) in [5, 5.41) is 8.81. The van der Waals surface area contributed by atoms with Crippen LogP contribution in [-0.2, 0) is 6.42 Å². The molecule has 3 nitrogen and oxygen atoms in total. The summed E-state index contributed by atoms with van der Waals surface area (Å²) < 4.78 is 13.7. The van der Waals surface area contributed by atoms with Gasteiger partial charge in [-0.25, -0.2) is 14.4 Å². The highest BCUT2D eigenvalue weighted by Gasteiger charge is 2.08. The zero-order valence-corrected chi connectivity index (χ0v) is 10.2. The van der Waals surface area contributed by atoms with Gasteiger partial charge >= 0.3 is 0 Å². The summed E-state index contributed by atoms with van der Waals surface area (Å²) in [5.41, 5.74) is 1.87. The van der Waals surface area contributed by atoms with Crippen LogP contribution in [0.3, 0.4) is 0 Å². The molecule has 0 saturated carbocycles. The van der Waals surface area contributed by atoms with Gasteiger partial charge in [0.05, 0.1) is 5.69 Å². The molecule has 0 atom stereocenters. The van der Waals surface area contributed by atoms with Gasteiger partial charge in [0.1, 0.15) is 11.6 Å². The Balaban J connectivity index is 2.39. The molecule has 1 heterocycles. The molecule has 0 bridgehead atoms. The van der Waals surface area contributed by atoms with E-state index < -0.39 is 0 Å². The molecule has 0 saturated heterocycles. The molecule has 4 heteroatoms. The Labute approximate surface area is 105 Å². The minimum atomic E-state index is -0.288. The largest absolute Gasteiger partial charge is 0.396 e.